The lowest BCUT2D eigenvalue weighted by atomic mass is 10.4. The molecule has 0 unspecified atom stereocenters. The molecule has 0 amide bonds. The first kappa shape index (κ1) is 7.28. The molecule has 0 aromatic rings. The van der Waals surface area contributed by atoms with Crippen molar-refractivity contribution in [2.75, 3.05) is 6.61 Å². The SMILES string of the molecule is C=C(C)CO/[C]=C/C. The summed E-state index contributed by atoms with van der Waals surface area (Å²) in [5.41, 5.74) is 1.01. The monoisotopic (exact) mass is 111 g/mol. The van der Waals surface area contributed by atoms with Crippen molar-refractivity contribution in [3.63, 3.8) is 0 Å². The quantitative estimate of drug-likeness (QED) is 0.399. The third-order valence-corrected chi connectivity index (χ3v) is 0.520. The fraction of sp³-hybridized carbons (Fsp3) is 0.429. The standard InChI is InChI=1S/C7H11O/c1-4-5-8-6-7(2)3/h4H,2,6H2,1,3H3. The van der Waals surface area contributed by atoms with Gasteiger partial charge in [-0.25, -0.2) is 0 Å². The Labute approximate surface area is 50.7 Å². The molecule has 0 aliphatic rings. The van der Waals surface area contributed by atoms with Crippen molar-refractivity contribution in [1.29, 1.82) is 0 Å². The van der Waals surface area contributed by atoms with Gasteiger partial charge in [0.2, 0.25) is 0 Å². The maximum atomic E-state index is 4.84. The van der Waals surface area contributed by atoms with Crippen LogP contribution in [0.1, 0.15) is 13.8 Å². The van der Waals surface area contributed by atoms with Gasteiger partial charge in [-0.15, -0.1) is 0 Å². The largest absolute Gasteiger partial charge is 0.486 e. The Morgan fingerprint density at radius 1 is 1.88 bits per heavy atom. The van der Waals surface area contributed by atoms with Crippen LogP contribution in [0.4, 0.5) is 0 Å². The van der Waals surface area contributed by atoms with Gasteiger partial charge in [-0.3, -0.25) is 0 Å². The summed E-state index contributed by atoms with van der Waals surface area (Å²) in [5, 5.41) is 0. The minimum atomic E-state index is 0.574. The lowest BCUT2D eigenvalue weighted by Gasteiger charge is -1.94. The average molecular weight is 111 g/mol. The third kappa shape index (κ3) is 5.28. The molecule has 0 aliphatic carbocycles. The second-order valence-electron chi connectivity index (χ2n) is 1.65. The topological polar surface area (TPSA) is 9.23 Å². The van der Waals surface area contributed by atoms with Crippen LogP contribution in [-0.4, -0.2) is 6.61 Å². The molecule has 0 heterocycles. The number of rotatable bonds is 3. The van der Waals surface area contributed by atoms with E-state index in [-0.39, 0.29) is 0 Å². The molecule has 1 nitrogen and oxygen atoms in total. The number of ether oxygens (including phenoxy) is 1. The zero-order valence-corrected chi connectivity index (χ0v) is 5.40. The van der Waals surface area contributed by atoms with Gasteiger partial charge in [-0.1, -0.05) is 6.58 Å². The summed E-state index contributed by atoms with van der Waals surface area (Å²) >= 11 is 0. The summed E-state index contributed by atoms with van der Waals surface area (Å²) < 4.78 is 4.84. The number of allylic oxidation sites excluding steroid dienone is 1. The molecular weight excluding hydrogens is 100 g/mol. The lowest BCUT2D eigenvalue weighted by Crippen LogP contribution is -1.85. The van der Waals surface area contributed by atoms with Crippen LogP contribution < -0.4 is 0 Å². The zero-order chi connectivity index (χ0) is 6.41. The lowest BCUT2D eigenvalue weighted by molar-refractivity contribution is 0.258. The minimum absolute atomic E-state index is 0.574. The molecule has 1 heteroatoms. The molecule has 0 bridgehead atoms. The third-order valence-electron chi connectivity index (χ3n) is 0.520. The van der Waals surface area contributed by atoms with Gasteiger partial charge in [0.05, 0.1) is 0 Å². The maximum Gasteiger partial charge on any atom is 0.157 e. The highest BCUT2D eigenvalue weighted by molar-refractivity contribution is 4.87. The van der Waals surface area contributed by atoms with Gasteiger partial charge in [0.1, 0.15) is 6.61 Å². The summed E-state index contributed by atoms with van der Waals surface area (Å²) in [7, 11) is 0. The second kappa shape index (κ2) is 4.44. The highest BCUT2D eigenvalue weighted by atomic mass is 16.5. The van der Waals surface area contributed by atoms with Gasteiger partial charge in [0, 0.05) is 0 Å². The Kier molecular flexibility index (Phi) is 4.04. The molecule has 0 atom stereocenters. The van der Waals surface area contributed by atoms with Crippen LogP contribution in [-0.2, 0) is 4.74 Å². The van der Waals surface area contributed by atoms with Crippen LogP contribution in [0.15, 0.2) is 18.2 Å². The summed E-state index contributed by atoms with van der Waals surface area (Å²) in [4.78, 5) is 0. The van der Waals surface area contributed by atoms with E-state index in [1.807, 2.05) is 13.8 Å². The van der Waals surface area contributed by atoms with Gasteiger partial charge in [0.25, 0.3) is 0 Å². The number of hydrogen-bond donors (Lipinski definition) is 0. The van der Waals surface area contributed by atoms with E-state index >= 15 is 0 Å². The molecular formula is C7H11O. The number of hydrogen-bond acceptors (Lipinski definition) is 1. The molecule has 0 rings (SSSR count). The summed E-state index contributed by atoms with van der Waals surface area (Å²) in [6.45, 7) is 8.00. The van der Waals surface area contributed by atoms with Crippen molar-refractivity contribution in [2.24, 2.45) is 0 Å². The Morgan fingerprint density at radius 3 is 2.88 bits per heavy atom. The van der Waals surface area contributed by atoms with Crippen LogP contribution in [0.5, 0.6) is 0 Å². The predicted molar refractivity (Wildman–Crippen MR) is 34.3 cm³/mol. The Balaban J connectivity index is 3.05. The van der Waals surface area contributed by atoms with Crippen LogP contribution in [0, 0.1) is 6.26 Å². The van der Waals surface area contributed by atoms with Crippen molar-refractivity contribution >= 4 is 0 Å². The van der Waals surface area contributed by atoms with Crippen molar-refractivity contribution < 1.29 is 4.74 Å². The Hall–Kier alpha value is -0.720. The molecule has 0 aliphatic heterocycles. The van der Waals surface area contributed by atoms with Crippen LogP contribution in [0.25, 0.3) is 0 Å². The van der Waals surface area contributed by atoms with Gasteiger partial charge in [-0.2, -0.15) is 0 Å². The summed E-state index contributed by atoms with van der Waals surface area (Å²) in [6, 6.07) is 0. The van der Waals surface area contributed by atoms with Crippen molar-refractivity contribution in [3.8, 4) is 0 Å². The van der Waals surface area contributed by atoms with E-state index in [1.54, 1.807) is 6.08 Å². The molecule has 0 fully saturated rings. The van der Waals surface area contributed by atoms with E-state index < -0.39 is 0 Å². The van der Waals surface area contributed by atoms with E-state index in [2.05, 4.69) is 12.8 Å². The van der Waals surface area contributed by atoms with Crippen molar-refractivity contribution in [2.45, 2.75) is 13.8 Å². The van der Waals surface area contributed by atoms with Crippen LogP contribution >= 0.6 is 0 Å². The highest BCUT2D eigenvalue weighted by Gasteiger charge is 1.79. The van der Waals surface area contributed by atoms with E-state index in [0.29, 0.717) is 6.61 Å². The Morgan fingerprint density at radius 2 is 2.50 bits per heavy atom. The zero-order valence-electron chi connectivity index (χ0n) is 5.40. The van der Waals surface area contributed by atoms with Gasteiger partial charge < -0.3 is 4.74 Å². The van der Waals surface area contributed by atoms with Crippen LogP contribution in [0.3, 0.4) is 0 Å². The van der Waals surface area contributed by atoms with E-state index in [1.165, 1.54) is 0 Å². The first-order chi connectivity index (χ1) is 3.77. The highest BCUT2D eigenvalue weighted by Crippen LogP contribution is 1.86. The van der Waals surface area contributed by atoms with Gasteiger partial charge >= 0.3 is 0 Å². The normalized spacial score (nSPS) is 9.75. The smallest absolute Gasteiger partial charge is 0.157 e. The van der Waals surface area contributed by atoms with E-state index in [0.717, 1.165) is 5.57 Å². The fourth-order valence-corrected chi connectivity index (χ4v) is 0.248. The average Bonchev–Trinajstić information content (AvgIpc) is 1.66. The molecule has 0 saturated heterocycles. The molecule has 1 radical (unpaired) electrons. The predicted octanol–water partition coefficient (Wildman–Crippen LogP) is 1.92. The molecule has 0 aromatic carbocycles. The first-order valence-electron chi connectivity index (χ1n) is 2.57. The molecule has 45 valence electrons. The first-order valence-corrected chi connectivity index (χ1v) is 2.57. The summed E-state index contributed by atoms with van der Waals surface area (Å²) in [6.07, 6.45) is 4.32. The van der Waals surface area contributed by atoms with E-state index in [9.17, 15) is 0 Å². The molecule has 8 heavy (non-hydrogen) atoms. The fourth-order valence-electron chi connectivity index (χ4n) is 0.248. The van der Waals surface area contributed by atoms with Crippen LogP contribution in [0.2, 0.25) is 0 Å². The second-order valence-corrected chi connectivity index (χ2v) is 1.65. The summed E-state index contributed by atoms with van der Waals surface area (Å²) in [5.74, 6) is 0. The van der Waals surface area contributed by atoms with Gasteiger partial charge in [-0.05, 0) is 25.5 Å². The van der Waals surface area contributed by atoms with Crippen molar-refractivity contribution in [1.82, 2.24) is 0 Å². The maximum absolute atomic E-state index is 4.84. The van der Waals surface area contributed by atoms with E-state index in [4.69, 9.17) is 4.74 Å². The molecule has 0 N–H and O–H groups in total. The Bertz CT molecular complexity index is 92.6. The van der Waals surface area contributed by atoms with Gasteiger partial charge in [0.15, 0.2) is 6.26 Å². The molecule has 0 spiro atoms. The minimum Gasteiger partial charge on any atom is -0.486 e. The molecule has 0 aromatic heterocycles. The molecule has 0 saturated carbocycles. The van der Waals surface area contributed by atoms with Crippen molar-refractivity contribution in [3.05, 3.63) is 24.5 Å².